The van der Waals surface area contributed by atoms with Gasteiger partial charge in [-0.25, -0.2) is 4.98 Å². The normalized spacial score (nSPS) is 13.5. The van der Waals surface area contributed by atoms with Crippen molar-refractivity contribution in [2.75, 3.05) is 12.4 Å². The van der Waals surface area contributed by atoms with Crippen molar-refractivity contribution in [3.05, 3.63) is 30.0 Å². The van der Waals surface area contributed by atoms with Crippen LogP contribution in [0.25, 0.3) is 11.4 Å². The van der Waals surface area contributed by atoms with Crippen molar-refractivity contribution in [1.82, 2.24) is 15.2 Å². The quantitative estimate of drug-likeness (QED) is 0.553. The molecule has 0 fully saturated rings. The second kappa shape index (κ2) is 7.70. The summed E-state index contributed by atoms with van der Waals surface area (Å²) < 4.78 is 78.9. The first-order valence-corrected chi connectivity index (χ1v) is 8.64. The highest BCUT2D eigenvalue weighted by Crippen LogP contribution is 2.36. The molecule has 0 aliphatic rings. The van der Waals surface area contributed by atoms with E-state index in [-0.39, 0.29) is 17.0 Å². The molecule has 0 spiro atoms. The Morgan fingerprint density at radius 1 is 1.19 bits per heavy atom. The molecule has 1 atom stereocenters. The molecule has 26 heavy (non-hydrogen) atoms. The molecule has 0 saturated carbocycles. The van der Waals surface area contributed by atoms with Crippen LogP contribution in [0.4, 0.5) is 22.0 Å². The van der Waals surface area contributed by atoms with E-state index in [1.54, 1.807) is 19.1 Å². The van der Waals surface area contributed by atoms with Gasteiger partial charge in [-0.1, -0.05) is 0 Å². The van der Waals surface area contributed by atoms with Crippen molar-refractivity contribution < 1.29 is 31.2 Å². The molecule has 0 radical (unpaired) electrons. The molecule has 0 aliphatic heterocycles. The van der Waals surface area contributed by atoms with Crippen LogP contribution in [0.3, 0.4) is 0 Å². The molecule has 5 nitrogen and oxygen atoms in total. The number of hydrogen-bond donors (Lipinski definition) is 0. The van der Waals surface area contributed by atoms with Gasteiger partial charge in [0.1, 0.15) is 17.1 Å². The first-order valence-electron chi connectivity index (χ1n) is 7.32. The van der Waals surface area contributed by atoms with E-state index < -0.39 is 35.8 Å². The fourth-order valence-corrected chi connectivity index (χ4v) is 2.81. The molecular weight excluding hydrogens is 381 g/mol. The van der Waals surface area contributed by atoms with Crippen molar-refractivity contribution in [3.63, 3.8) is 0 Å². The zero-order valence-electron chi connectivity index (χ0n) is 13.7. The second-order valence-corrected chi connectivity index (χ2v) is 6.90. The molecule has 0 aromatic carbocycles. The Morgan fingerprint density at radius 3 is 2.46 bits per heavy atom. The Kier molecular flexibility index (Phi) is 6.02. The zero-order chi connectivity index (χ0) is 19.5. The van der Waals surface area contributed by atoms with Crippen LogP contribution < -0.4 is 4.74 Å². The highest BCUT2D eigenvalue weighted by Gasteiger charge is 2.58. The summed E-state index contributed by atoms with van der Waals surface area (Å²) in [7, 11) is 0. The van der Waals surface area contributed by atoms with Crippen LogP contribution in [0, 0.1) is 6.92 Å². The van der Waals surface area contributed by atoms with E-state index in [0.29, 0.717) is 10.6 Å². The first-order chi connectivity index (χ1) is 12.1. The summed E-state index contributed by atoms with van der Waals surface area (Å²) in [4.78, 5) is 4.52. The van der Waals surface area contributed by atoms with Crippen LogP contribution in [0.1, 0.15) is 12.5 Å². The number of hydrogen-bond acceptors (Lipinski definition) is 5. The molecule has 2 heterocycles. The fourth-order valence-electron chi connectivity index (χ4n) is 1.90. The maximum Gasteiger partial charge on any atom is 0.456 e. The van der Waals surface area contributed by atoms with E-state index in [0.717, 1.165) is 0 Å². The van der Waals surface area contributed by atoms with Crippen molar-refractivity contribution >= 4 is 11.2 Å². The third-order valence-electron chi connectivity index (χ3n) is 3.26. The largest absolute Gasteiger partial charge is 0.611 e. The Morgan fingerprint density at radius 2 is 1.88 bits per heavy atom. The van der Waals surface area contributed by atoms with Gasteiger partial charge in [0, 0.05) is 11.8 Å². The average molecular weight is 395 g/mol. The number of rotatable bonds is 6. The minimum atomic E-state index is -5.72. The summed E-state index contributed by atoms with van der Waals surface area (Å²) in [5, 5.41) is 7.31. The number of pyridine rings is 1. The maximum atomic E-state index is 12.9. The summed E-state index contributed by atoms with van der Waals surface area (Å²) in [5.41, 5.74) is 0.678. The van der Waals surface area contributed by atoms with Gasteiger partial charge in [-0.2, -0.15) is 22.0 Å². The summed E-state index contributed by atoms with van der Waals surface area (Å²) >= 11 is -1.33. The van der Waals surface area contributed by atoms with Crippen molar-refractivity contribution in [1.29, 1.82) is 0 Å². The average Bonchev–Trinajstić information content (AvgIpc) is 2.59. The lowest BCUT2D eigenvalue weighted by Crippen LogP contribution is -2.42. The van der Waals surface area contributed by atoms with Gasteiger partial charge in [0.15, 0.2) is 11.5 Å². The molecule has 0 amide bonds. The molecule has 0 bridgehead atoms. The van der Waals surface area contributed by atoms with E-state index >= 15 is 0 Å². The molecule has 0 saturated heterocycles. The van der Waals surface area contributed by atoms with Gasteiger partial charge in [0.05, 0.1) is 0 Å². The van der Waals surface area contributed by atoms with Gasteiger partial charge in [0.2, 0.25) is 5.88 Å². The Balaban J connectivity index is 2.26. The van der Waals surface area contributed by atoms with E-state index in [2.05, 4.69) is 19.9 Å². The lowest BCUT2D eigenvalue weighted by atomic mass is 10.2. The van der Waals surface area contributed by atoms with Crippen LogP contribution in [-0.4, -0.2) is 44.2 Å². The first kappa shape index (κ1) is 20.3. The topological polar surface area (TPSA) is 71.0 Å². The van der Waals surface area contributed by atoms with Crippen molar-refractivity contribution in [2.24, 2.45) is 0 Å². The van der Waals surface area contributed by atoms with E-state index in [9.17, 15) is 26.5 Å². The van der Waals surface area contributed by atoms with Gasteiger partial charge < -0.3 is 9.29 Å². The SMILES string of the molecule is CC[S+]([O-])c1cccnc1-c1cc(C)c(OCC(F)(F)C(F)(F)F)nn1. The van der Waals surface area contributed by atoms with Crippen LogP contribution in [0.2, 0.25) is 0 Å². The van der Waals surface area contributed by atoms with E-state index in [4.69, 9.17) is 0 Å². The molecule has 0 N–H and O–H groups in total. The second-order valence-electron chi connectivity index (χ2n) is 5.19. The number of aromatic nitrogens is 3. The summed E-state index contributed by atoms with van der Waals surface area (Å²) in [6.45, 7) is 1.24. The van der Waals surface area contributed by atoms with Gasteiger partial charge in [-0.3, -0.25) is 0 Å². The number of nitrogens with zero attached hydrogens (tertiary/aromatic N) is 3. The molecule has 2 aromatic rings. The lowest BCUT2D eigenvalue weighted by molar-refractivity contribution is -0.290. The number of ether oxygens (including phenoxy) is 1. The highest BCUT2D eigenvalue weighted by atomic mass is 32.2. The van der Waals surface area contributed by atoms with Crippen LogP contribution in [0.15, 0.2) is 29.3 Å². The molecule has 2 aromatic heterocycles. The number of aryl methyl sites for hydroxylation is 1. The zero-order valence-corrected chi connectivity index (χ0v) is 14.5. The molecule has 1 unspecified atom stereocenters. The minimum absolute atomic E-state index is 0.187. The smallest absolute Gasteiger partial charge is 0.456 e. The molecule has 2 rings (SSSR count). The predicted molar refractivity (Wildman–Crippen MR) is 83.4 cm³/mol. The van der Waals surface area contributed by atoms with E-state index in [1.807, 2.05) is 0 Å². The molecule has 11 heteroatoms. The molecule has 142 valence electrons. The maximum absolute atomic E-state index is 12.9. The Hall–Kier alpha value is -2.01. The van der Waals surface area contributed by atoms with Crippen molar-refractivity contribution in [3.8, 4) is 17.3 Å². The third kappa shape index (κ3) is 4.39. The Labute approximate surface area is 148 Å². The summed E-state index contributed by atoms with van der Waals surface area (Å²) in [6, 6.07) is 4.57. The standard InChI is InChI=1S/C15H14F5N3O2S/c1-3-26(24)11-5-4-6-21-12(11)10-7-9(2)13(23-22-10)25-8-14(16,17)15(18,19)20/h4-7H,3,8H2,1-2H3. The number of alkyl halides is 5. The van der Waals surface area contributed by atoms with Gasteiger partial charge in [-0.15, -0.1) is 10.2 Å². The van der Waals surface area contributed by atoms with E-state index in [1.165, 1.54) is 19.2 Å². The Bertz CT molecular complexity index is 773. The van der Waals surface area contributed by atoms with Crippen LogP contribution in [0.5, 0.6) is 5.88 Å². The van der Waals surface area contributed by atoms with Crippen LogP contribution in [-0.2, 0) is 11.2 Å². The molecule has 0 aliphatic carbocycles. The predicted octanol–water partition coefficient (Wildman–Crippen LogP) is 3.55. The van der Waals surface area contributed by atoms with Gasteiger partial charge in [0.25, 0.3) is 0 Å². The number of halogens is 5. The molecular formula is C15H14F5N3O2S. The summed E-state index contributed by atoms with van der Waals surface area (Å²) in [6.07, 6.45) is -4.27. The van der Waals surface area contributed by atoms with Crippen molar-refractivity contribution in [2.45, 2.75) is 30.8 Å². The van der Waals surface area contributed by atoms with Crippen LogP contribution >= 0.6 is 0 Å². The minimum Gasteiger partial charge on any atom is -0.611 e. The third-order valence-corrected chi connectivity index (χ3v) is 4.61. The highest BCUT2D eigenvalue weighted by molar-refractivity contribution is 7.91. The van der Waals surface area contributed by atoms with Gasteiger partial charge >= 0.3 is 12.1 Å². The monoisotopic (exact) mass is 395 g/mol. The lowest BCUT2D eigenvalue weighted by Gasteiger charge is -2.19. The fraction of sp³-hybridized carbons (Fsp3) is 0.400. The summed E-state index contributed by atoms with van der Waals surface area (Å²) in [5.74, 6) is -5.11. The van der Waals surface area contributed by atoms with Gasteiger partial charge in [-0.05, 0) is 43.2 Å².